The summed E-state index contributed by atoms with van der Waals surface area (Å²) in [6.45, 7) is 10.5. The Hall–Kier alpha value is -2.46. The average Bonchev–Trinajstić information content (AvgIpc) is 3.10. The van der Waals surface area contributed by atoms with E-state index >= 15 is 0 Å². The van der Waals surface area contributed by atoms with Crippen LogP contribution in [0.25, 0.3) is 11.4 Å². The summed E-state index contributed by atoms with van der Waals surface area (Å²) < 4.78 is 37.7. The van der Waals surface area contributed by atoms with Crippen molar-refractivity contribution in [3.05, 3.63) is 35.7 Å². The van der Waals surface area contributed by atoms with E-state index in [1.807, 2.05) is 0 Å². The first-order chi connectivity index (χ1) is 13.8. The van der Waals surface area contributed by atoms with Gasteiger partial charge in [-0.2, -0.15) is 18.3 Å². The number of aromatic amines is 1. The van der Waals surface area contributed by atoms with Crippen LogP contribution in [0.4, 0.5) is 13.2 Å². The molecule has 2 N–H and O–H groups in total. The summed E-state index contributed by atoms with van der Waals surface area (Å²) >= 11 is 0. The van der Waals surface area contributed by atoms with Gasteiger partial charge in [-0.25, -0.2) is 9.78 Å². The standard InChI is InChI=1S/C18H26N4O.C2HF3O2/c1-12-10-22(5)11-15(23-12)17-19-16(20-21-17)13-6-8-14(9-7-13)18(2,3)4;3-2(4,5)1(6)7/h6-9,12,15H,10-11H2,1-5H3,(H,19,20,21);(H,6,7). The van der Waals surface area contributed by atoms with Gasteiger partial charge in [0.2, 0.25) is 0 Å². The van der Waals surface area contributed by atoms with Gasteiger partial charge in [-0.15, -0.1) is 0 Å². The molecule has 0 amide bonds. The second-order valence-electron chi connectivity index (χ2n) is 8.33. The van der Waals surface area contributed by atoms with E-state index < -0.39 is 12.1 Å². The zero-order valence-electron chi connectivity index (χ0n) is 17.6. The number of carboxylic acid groups (broad SMARTS) is 1. The number of nitrogens with zero attached hydrogens (tertiary/aromatic N) is 3. The maximum atomic E-state index is 10.6. The third-order valence-corrected chi connectivity index (χ3v) is 4.50. The lowest BCUT2D eigenvalue weighted by molar-refractivity contribution is -0.192. The van der Waals surface area contributed by atoms with Crippen molar-refractivity contribution < 1.29 is 27.8 Å². The average molecular weight is 428 g/mol. The summed E-state index contributed by atoms with van der Waals surface area (Å²) in [5, 5.41) is 14.5. The number of ether oxygens (including phenoxy) is 1. The minimum atomic E-state index is -5.08. The highest BCUT2D eigenvalue weighted by atomic mass is 19.4. The minimum Gasteiger partial charge on any atom is -0.475 e. The highest BCUT2D eigenvalue weighted by Gasteiger charge is 2.38. The second-order valence-corrected chi connectivity index (χ2v) is 8.33. The minimum absolute atomic E-state index is 0.0427. The quantitative estimate of drug-likeness (QED) is 0.756. The van der Waals surface area contributed by atoms with Gasteiger partial charge in [0.15, 0.2) is 11.6 Å². The maximum absolute atomic E-state index is 10.6. The second kappa shape index (κ2) is 9.13. The van der Waals surface area contributed by atoms with Crippen molar-refractivity contribution in [2.75, 3.05) is 20.1 Å². The molecule has 166 valence electrons. The number of halogens is 3. The molecule has 2 unspecified atom stereocenters. The number of carboxylic acids is 1. The van der Waals surface area contributed by atoms with Crippen LogP contribution in [0.5, 0.6) is 0 Å². The number of carbonyl (C=O) groups is 1. The number of aliphatic carboxylic acids is 1. The van der Waals surface area contributed by atoms with Crippen molar-refractivity contribution in [3.63, 3.8) is 0 Å². The summed E-state index contributed by atoms with van der Waals surface area (Å²) in [6.07, 6.45) is -4.92. The van der Waals surface area contributed by atoms with E-state index in [0.717, 1.165) is 30.3 Å². The number of alkyl halides is 3. The molecule has 2 heterocycles. The van der Waals surface area contributed by atoms with E-state index in [0.29, 0.717) is 0 Å². The molecule has 1 aromatic carbocycles. The van der Waals surface area contributed by atoms with Gasteiger partial charge < -0.3 is 14.7 Å². The van der Waals surface area contributed by atoms with Crippen LogP contribution in [0.2, 0.25) is 0 Å². The van der Waals surface area contributed by atoms with Gasteiger partial charge in [-0.05, 0) is 24.9 Å². The molecule has 0 saturated carbocycles. The molecule has 10 heteroatoms. The van der Waals surface area contributed by atoms with Gasteiger partial charge in [0, 0.05) is 18.7 Å². The van der Waals surface area contributed by atoms with E-state index in [2.05, 4.69) is 79.1 Å². The number of H-pyrrole nitrogens is 1. The van der Waals surface area contributed by atoms with Crippen molar-refractivity contribution in [3.8, 4) is 11.4 Å². The largest absolute Gasteiger partial charge is 0.490 e. The van der Waals surface area contributed by atoms with Crippen LogP contribution in [0.3, 0.4) is 0 Å². The Bertz CT molecular complexity index is 834. The molecule has 1 aromatic heterocycles. The Balaban J connectivity index is 0.000000396. The number of hydrogen-bond acceptors (Lipinski definition) is 5. The van der Waals surface area contributed by atoms with Crippen LogP contribution in [0, 0.1) is 0 Å². The number of rotatable bonds is 2. The zero-order valence-corrected chi connectivity index (χ0v) is 17.6. The van der Waals surface area contributed by atoms with Gasteiger partial charge in [0.05, 0.1) is 6.10 Å². The molecule has 3 rings (SSSR count). The first-order valence-corrected chi connectivity index (χ1v) is 9.44. The molecule has 1 saturated heterocycles. The smallest absolute Gasteiger partial charge is 0.475 e. The normalized spacial score (nSPS) is 20.4. The Morgan fingerprint density at radius 3 is 2.23 bits per heavy atom. The van der Waals surface area contributed by atoms with Crippen LogP contribution in [0.15, 0.2) is 24.3 Å². The molecule has 0 spiro atoms. The van der Waals surface area contributed by atoms with Gasteiger partial charge in [-0.1, -0.05) is 45.0 Å². The molecule has 1 fully saturated rings. The summed E-state index contributed by atoms with van der Waals surface area (Å²) in [4.78, 5) is 15.8. The number of likely N-dealkylation sites (N-methyl/N-ethyl adjacent to an activating group) is 1. The topological polar surface area (TPSA) is 91.3 Å². The predicted octanol–water partition coefficient (Wildman–Crippen LogP) is 3.79. The first-order valence-electron chi connectivity index (χ1n) is 9.44. The fourth-order valence-corrected chi connectivity index (χ4v) is 2.98. The number of hydrogen-bond donors (Lipinski definition) is 2. The van der Waals surface area contributed by atoms with Crippen LogP contribution in [-0.4, -0.2) is 63.6 Å². The lowest BCUT2D eigenvalue weighted by Crippen LogP contribution is -2.40. The summed E-state index contributed by atoms with van der Waals surface area (Å²) in [5.41, 5.74) is 2.49. The van der Waals surface area contributed by atoms with Crippen LogP contribution < -0.4 is 0 Å². The molecule has 1 aliphatic rings. The molecule has 30 heavy (non-hydrogen) atoms. The third-order valence-electron chi connectivity index (χ3n) is 4.50. The Labute approximate surface area is 173 Å². The molecular weight excluding hydrogens is 401 g/mol. The molecule has 1 aliphatic heterocycles. The number of benzene rings is 1. The Kier molecular flexibility index (Phi) is 7.25. The zero-order chi connectivity index (χ0) is 22.7. The van der Waals surface area contributed by atoms with Gasteiger partial charge in [-0.3, -0.25) is 5.10 Å². The van der Waals surface area contributed by atoms with Crippen LogP contribution >= 0.6 is 0 Å². The summed E-state index contributed by atoms with van der Waals surface area (Å²) in [7, 11) is 2.11. The monoisotopic (exact) mass is 428 g/mol. The van der Waals surface area contributed by atoms with Crippen molar-refractivity contribution >= 4 is 5.97 Å². The lowest BCUT2D eigenvalue weighted by Gasteiger charge is -2.33. The molecule has 0 radical (unpaired) electrons. The lowest BCUT2D eigenvalue weighted by atomic mass is 9.87. The SMILES string of the molecule is CC1CN(C)CC(c2nc(-c3ccc(C(C)(C)C)cc3)n[nH]2)O1.O=C(O)C(F)(F)F. The van der Waals surface area contributed by atoms with E-state index in [1.54, 1.807) is 0 Å². The molecule has 0 aliphatic carbocycles. The third kappa shape index (κ3) is 6.53. The molecule has 0 bridgehead atoms. The first kappa shape index (κ1) is 23.8. The molecule has 2 atom stereocenters. The van der Waals surface area contributed by atoms with Crippen molar-refractivity contribution in [1.29, 1.82) is 0 Å². The fraction of sp³-hybridized carbons (Fsp3) is 0.550. The maximum Gasteiger partial charge on any atom is 0.490 e. The van der Waals surface area contributed by atoms with Gasteiger partial charge in [0.1, 0.15) is 6.10 Å². The number of nitrogens with one attached hydrogen (secondary N) is 1. The predicted molar refractivity (Wildman–Crippen MR) is 105 cm³/mol. The molecule has 2 aromatic rings. The van der Waals surface area contributed by atoms with E-state index in [9.17, 15) is 13.2 Å². The number of aromatic nitrogens is 3. The molecule has 7 nitrogen and oxygen atoms in total. The van der Waals surface area contributed by atoms with Gasteiger partial charge >= 0.3 is 12.1 Å². The van der Waals surface area contributed by atoms with Crippen molar-refractivity contribution in [2.45, 2.75) is 51.5 Å². The fourth-order valence-electron chi connectivity index (χ4n) is 2.98. The van der Waals surface area contributed by atoms with Crippen LogP contribution in [-0.2, 0) is 14.9 Å². The Morgan fingerprint density at radius 2 is 1.77 bits per heavy atom. The van der Waals surface area contributed by atoms with Crippen LogP contribution in [0.1, 0.15) is 45.2 Å². The highest BCUT2D eigenvalue weighted by molar-refractivity contribution is 5.73. The van der Waals surface area contributed by atoms with E-state index in [-0.39, 0.29) is 17.6 Å². The van der Waals surface area contributed by atoms with Crippen molar-refractivity contribution in [1.82, 2.24) is 20.1 Å². The Morgan fingerprint density at radius 1 is 1.20 bits per heavy atom. The van der Waals surface area contributed by atoms with Crippen molar-refractivity contribution in [2.24, 2.45) is 0 Å². The number of morpholine rings is 1. The van der Waals surface area contributed by atoms with E-state index in [1.165, 1.54) is 5.56 Å². The summed E-state index contributed by atoms with van der Waals surface area (Å²) in [5.74, 6) is -1.23. The summed E-state index contributed by atoms with van der Waals surface area (Å²) in [6, 6.07) is 8.48. The van der Waals surface area contributed by atoms with Gasteiger partial charge in [0.25, 0.3) is 0 Å². The highest BCUT2D eigenvalue weighted by Crippen LogP contribution is 2.26. The van der Waals surface area contributed by atoms with E-state index in [4.69, 9.17) is 14.6 Å². The molecular formula is C20H27F3N4O3.